The Kier molecular flexibility index (Phi) is 4.85. The maximum atomic E-state index is 12.7. The Morgan fingerprint density at radius 2 is 2.11 bits per heavy atom. The van der Waals surface area contributed by atoms with Gasteiger partial charge in [-0.3, -0.25) is 14.5 Å². The summed E-state index contributed by atoms with van der Waals surface area (Å²) in [6.07, 6.45) is 4.91. The smallest absolute Gasteiger partial charge is 0.316 e. The number of hydrogen-bond donors (Lipinski definition) is 1. The minimum absolute atomic E-state index is 0.0826. The molecule has 0 radical (unpaired) electrons. The molecular formula is C17H17N5O4S2. The molecule has 0 bridgehead atoms. The van der Waals surface area contributed by atoms with Crippen molar-refractivity contribution in [2.75, 3.05) is 17.8 Å². The van der Waals surface area contributed by atoms with Gasteiger partial charge in [0, 0.05) is 24.2 Å². The van der Waals surface area contributed by atoms with Crippen LogP contribution in [0, 0.1) is 6.92 Å². The summed E-state index contributed by atoms with van der Waals surface area (Å²) >= 11 is 1.22. The molecule has 28 heavy (non-hydrogen) atoms. The van der Waals surface area contributed by atoms with Crippen LogP contribution in [0.5, 0.6) is 0 Å². The van der Waals surface area contributed by atoms with Crippen LogP contribution in [0.4, 0.5) is 5.69 Å². The molecule has 1 aliphatic rings. The lowest BCUT2D eigenvalue weighted by Crippen LogP contribution is -2.27. The van der Waals surface area contributed by atoms with Crippen LogP contribution >= 0.6 is 11.3 Å². The molecule has 1 amide bonds. The zero-order chi connectivity index (χ0) is 19.7. The molecular weight excluding hydrogens is 402 g/mol. The summed E-state index contributed by atoms with van der Waals surface area (Å²) in [5.74, 6) is -0.185. The number of carbonyl (C=O) groups is 1. The SMILES string of the molecule is Cc1sc(-c2noc(C(=O)N3CCCC3)n2)cc1S(=O)(=O)Nc1cccnc1. The first-order valence-corrected chi connectivity index (χ1v) is 10.9. The molecule has 1 saturated heterocycles. The van der Waals surface area contributed by atoms with Gasteiger partial charge in [0.25, 0.3) is 10.0 Å². The van der Waals surface area contributed by atoms with Crippen LogP contribution in [0.2, 0.25) is 0 Å². The normalized spacial score (nSPS) is 14.4. The highest BCUT2D eigenvalue weighted by Crippen LogP contribution is 2.33. The molecule has 0 spiro atoms. The largest absolute Gasteiger partial charge is 0.334 e. The molecule has 3 aromatic heterocycles. The number of aryl methyl sites for hydroxylation is 1. The van der Waals surface area contributed by atoms with Crippen LogP contribution in [0.25, 0.3) is 10.7 Å². The standard InChI is InChI=1S/C17H17N5O4S2/c1-11-14(28(24,25)21-12-5-4-6-18-10-12)9-13(27-11)15-19-16(26-20-15)17(23)22-7-2-3-8-22/h4-6,9-10,21H,2-3,7-8H2,1H3. The molecule has 1 fully saturated rings. The Hall–Kier alpha value is -2.79. The molecule has 4 rings (SSSR count). The number of pyridine rings is 1. The summed E-state index contributed by atoms with van der Waals surface area (Å²) in [6.45, 7) is 3.05. The molecule has 1 N–H and O–H groups in total. The van der Waals surface area contributed by atoms with E-state index < -0.39 is 10.0 Å². The molecule has 9 nitrogen and oxygen atoms in total. The Bertz CT molecular complexity index is 1100. The molecule has 4 heterocycles. The second kappa shape index (κ2) is 7.32. The van der Waals surface area contributed by atoms with Crippen molar-refractivity contribution < 1.29 is 17.7 Å². The number of likely N-dealkylation sites (tertiary alicyclic amines) is 1. The first-order valence-electron chi connectivity index (χ1n) is 8.61. The van der Waals surface area contributed by atoms with Crippen molar-refractivity contribution >= 4 is 33.0 Å². The number of aromatic nitrogens is 3. The molecule has 0 unspecified atom stereocenters. The first kappa shape index (κ1) is 18.6. The van der Waals surface area contributed by atoms with Crippen molar-refractivity contribution in [1.29, 1.82) is 0 Å². The fraction of sp³-hybridized carbons (Fsp3) is 0.294. The van der Waals surface area contributed by atoms with Gasteiger partial charge in [0.15, 0.2) is 0 Å². The molecule has 1 aliphatic heterocycles. The van der Waals surface area contributed by atoms with Crippen LogP contribution in [0.3, 0.4) is 0 Å². The van der Waals surface area contributed by atoms with E-state index in [9.17, 15) is 13.2 Å². The molecule has 3 aromatic rings. The number of hydrogen-bond acceptors (Lipinski definition) is 8. The van der Waals surface area contributed by atoms with Gasteiger partial charge in [-0.1, -0.05) is 5.16 Å². The summed E-state index contributed by atoms with van der Waals surface area (Å²) in [4.78, 5) is 23.3. The van der Waals surface area contributed by atoms with Gasteiger partial charge < -0.3 is 9.42 Å². The highest BCUT2D eigenvalue weighted by atomic mass is 32.2. The summed E-state index contributed by atoms with van der Waals surface area (Å²) < 4.78 is 33.0. The van der Waals surface area contributed by atoms with Gasteiger partial charge in [-0.25, -0.2) is 8.42 Å². The Labute approximate surface area is 165 Å². The van der Waals surface area contributed by atoms with Gasteiger partial charge >= 0.3 is 11.8 Å². The molecule has 146 valence electrons. The minimum Gasteiger partial charge on any atom is -0.334 e. The lowest BCUT2D eigenvalue weighted by Gasteiger charge is -2.10. The zero-order valence-corrected chi connectivity index (χ0v) is 16.6. The van der Waals surface area contributed by atoms with Crippen LogP contribution < -0.4 is 4.72 Å². The van der Waals surface area contributed by atoms with Crippen molar-refractivity contribution in [2.45, 2.75) is 24.7 Å². The van der Waals surface area contributed by atoms with Gasteiger partial charge in [-0.15, -0.1) is 11.3 Å². The molecule has 0 atom stereocenters. The lowest BCUT2D eigenvalue weighted by molar-refractivity contribution is 0.0743. The van der Waals surface area contributed by atoms with E-state index in [1.807, 2.05) is 0 Å². The third-order valence-electron chi connectivity index (χ3n) is 4.30. The molecule has 0 aromatic carbocycles. The van der Waals surface area contributed by atoms with Crippen LogP contribution in [-0.4, -0.2) is 47.4 Å². The summed E-state index contributed by atoms with van der Waals surface area (Å²) in [6, 6.07) is 4.73. The van der Waals surface area contributed by atoms with Crippen molar-refractivity contribution in [3.8, 4) is 10.7 Å². The average molecular weight is 419 g/mol. The van der Waals surface area contributed by atoms with Gasteiger partial charge in [0.05, 0.1) is 16.8 Å². The molecule has 0 saturated carbocycles. The third kappa shape index (κ3) is 3.62. The number of thiophene rings is 1. The van der Waals surface area contributed by atoms with Gasteiger partial charge in [0.2, 0.25) is 5.82 Å². The van der Waals surface area contributed by atoms with Crippen molar-refractivity contribution in [3.63, 3.8) is 0 Å². The predicted octanol–water partition coefficient (Wildman–Crippen LogP) is 2.54. The minimum atomic E-state index is -3.79. The van der Waals surface area contributed by atoms with Crippen molar-refractivity contribution in [2.24, 2.45) is 0 Å². The third-order valence-corrected chi connectivity index (χ3v) is 6.98. The monoisotopic (exact) mass is 419 g/mol. The maximum absolute atomic E-state index is 12.7. The Morgan fingerprint density at radius 3 is 2.82 bits per heavy atom. The maximum Gasteiger partial charge on any atom is 0.316 e. The Balaban J connectivity index is 1.58. The molecule has 11 heteroatoms. The van der Waals surface area contributed by atoms with E-state index in [1.165, 1.54) is 23.6 Å². The first-order chi connectivity index (χ1) is 13.4. The number of amides is 1. The van der Waals surface area contributed by atoms with Crippen molar-refractivity contribution in [3.05, 3.63) is 41.4 Å². The van der Waals surface area contributed by atoms with Crippen LogP contribution in [-0.2, 0) is 10.0 Å². The fourth-order valence-corrected chi connectivity index (χ4v) is 5.50. The number of carbonyl (C=O) groups excluding carboxylic acids is 1. The number of nitrogens with zero attached hydrogens (tertiary/aromatic N) is 4. The van der Waals surface area contributed by atoms with Gasteiger partial charge in [-0.2, -0.15) is 4.98 Å². The van der Waals surface area contributed by atoms with Crippen LogP contribution in [0.1, 0.15) is 28.4 Å². The average Bonchev–Trinajstić information content (AvgIpc) is 3.42. The second-order valence-corrected chi connectivity index (χ2v) is 9.21. The number of rotatable bonds is 5. The highest BCUT2D eigenvalue weighted by Gasteiger charge is 2.27. The van der Waals surface area contributed by atoms with E-state index in [0.717, 1.165) is 12.8 Å². The zero-order valence-electron chi connectivity index (χ0n) is 15.0. The quantitative estimate of drug-likeness (QED) is 0.675. The van der Waals surface area contributed by atoms with E-state index in [0.29, 0.717) is 28.5 Å². The topological polar surface area (TPSA) is 118 Å². The van der Waals surface area contributed by atoms with E-state index in [4.69, 9.17) is 4.52 Å². The summed E-state index contributed by atoms with van der Waals surface area (Å²) in [5, 5.41) is 3.85. The Morgan fingerprint density at radius 1 is 1.32 bits per heavy atom. The lowest BCUT2D eigenvalue weighted by atomic mass is 10.4. The number of sulfonamides is 1. The molecule has 0 aliphatic carbocycles. The van der Waals surface area contributed by atoms with E-state index >= 15 is 0 Å². The van der Waals surface area contributed by atoms with Crippen molar-refractivity contribution in [1.82, 2.24) is 20.0 Å². The van der Waals surface area contributed by atoms with E-state index in [-0.39, 0.29) is 22.5 Å². The summed E-state index contributed by atoms with van der Waals surface area (Å²) in [5.41, 5.74) is 0.368. The predicted molar refractivity (Wildman–Crippen MR) is 103 cm³/mol. The number of anilines is 1. The highest BCUT2D eigenvalue weighted by molar-refractivity contribution is 7.93. The van der Waals surface area contributed by atoms with Gasteiger partial charge in [0.1, 0.15) is 4.90 Å². The van der Waals surface area contributed by atoms with E-state index in [2.05, 4.69) is 19.8 Å². The second-order valence-electron chi connectivity index (χ2n) is 6.30. The number of nitrogens with one attached hydrogen (secondary N) is 1. The van der Waals surface area contributed by atoms with Crippen LogP contribution in [0.15, 0.2) is 40.0 Å². The van der Waals surface area contributed by atoms with E-state index in [1.54, 1.807) is 30.2 Å². The van der Waals surface area contributed by atoms with Gasteiger partial charge in [-0.05, 0) is 38.0 Å². The fourth-order valence-electron chi connectivity index (χ4n) is 2.94. The summed E-state index contributed by atoms with van der Waals surface area (Å²) in [7, 11) is -3.79.